The number of rotatable bonds is 9. The Balaban J connectivity index is 1.39. The SMILES string of the molecule is COc1ccc(OCc2nnc(SCC(=O)c3c[nH]c4ccccc34)n2-c2ccccc2F)cc1. The predicted octanol–water partition coefficient (Wildman–Crippen LogP) is 5.45. The molecule has 0 unspecified atom stereocenters. The van der Waals surface area contributed by atoms with E-state index >= 15 is 0 Å². The number of thioether (sulfide) groups is 1. The van der Waals surface area contributed by atoms with Crippen LogP contribution < -0.4 is 9.47 Å². The zero-order valence-corrected chi connectivity index (χ0v) is 19.6. The van der Waals surface area contributed by atoms with E-state index in [1.807, 2.05) is 24.3 Å². The van der Waals surface area contributed by atoms with E-state index in [1.54, 1.807) is 60.3 Å². The highest BCUT2D eigenvalue weighted by Gasteiger charge is 2.20. The fourth-order valence-electron chi connectivity index (χ4n) is 3.69. The molecule has 0 spiro atoms. The summed E-state index contributed by atoms with van der Waals surface area (Å²) in [6.07, 6.45) is 1.71. The van der Waals surface area contributed by atoms with Crippen molar-refractivity contribution in [3.63, 3.8) is 0 Å². The van der Waals surface area contributed by atoms with Gasteiger partial charge in [-0.15, -0.1) is 10.2 Å². The average Bonchev–Trinajstić information content (AvgIpc) is 3.51. The van der Waals surface area contributed by atoms with Crippen molar-refractivity contribution in [1.29, 1.82) is 0 Å². The van der Waals surface area contributed by atoms with E-state index in [0.29, 0.717) is 28.0 Å². The van der Waals surface area contributed by atoms with Gasteiger partial charge in [0.15, 0.2) is 16.8 Å². The Kier molecular flexibility index (Phi) is 6.49. The van der Waals surface area contributed by atoms with E-state index in [1.165, 1.54) is 17.8 Å². The number of aromatic nitrogens is 4. The van der Waals surface area contributed by atoms with Crippen LogP contribution in [0.2, 0.25) is 0 Å². The summed E-state index contributed by atoms with van der Waals surface area (Å²) >= 11 is 1.20. The van der Waals surface area contributed by atoms with Crippen LogP contribution >= 0.6 is 11.8 Å². The first-order valence-electron chi connectivity index (χ1n) is 10.8. The maximum atomic E-state index is 14.7. The Hall–Kier alpha value is -4.11. The Morgan fingerprint density at radius 1 is 1.00 bits per heavy atom. The van der Waals surface area contributed by atoms with Crippen LogP contribution in [0.15, 0.2) is 84.1 Å². The van der Waals surface area contributed by atoms with Crippen LogP contribution in [-0.2, 0) is 6.61 Å². The number of hydrogen-bond donors (Lipinski definition) is 1. The first kappa shape index (κ1) is 22.7. The molecular weight excluding hydrogens is 467 g/mol. The number of fused-ring (bicyclic) bond motifs is 1. The minimum atomic E-state index is -0.428. The Bertz CT molecular complexity index is 1480. The Morgan fingerprint density at radius 3 is 2.54 bits per heavy atom. The molecule has 0 amide bonds. The van der Waals surface area contributed by atoms with Crippen LogP contribution in [-0.4, -0.2) is 38.4 Å². The van der Waals surface area contributed by atoms with Gasteiger partial charge in [-0.05, 0) is 42.5 Å². The molecule has 3 aromatic carbocycles. The van der Waals surface area contributed by atoms with E-state index in [9.17, 15) is 9.18 Å². The summed E-state index contributed by atoms with van der Waals surface area (Å²) in [4.78, 5) is 16.1. The van der Waals surface area contributed by atoms with E-state index in [2.05, 4.69) is 15.2 Å². The third-order valence-corrected chi connectivity index (χ3v) is 6.37. The van der Waals surface area contributed by atoms with Crippen molar-refractivity contribution in [3.8, 4) is 17.2 Å². The fraction of sp³-hybridized carbons (Fsp3) is 0.115. The molecule has 0 aliphatic rings. The maximum absolute atomic E-state index is 14.7. The second-order valence-corrected chi connectivity index (χ2v) is 8.55. The van der Waals surface area contributed by atoms with Gasteiger partial charge in [-0.3, -0.25) is 9.36 Å². The third kappa shape index (κ3) is 4.76. The Labute approximate surface area is 204 Å². The molecule has 9 heteroatoms. The molecule has 5 rings (SSSR count). The van der Waals surface area contributed by atoms with E-state index in [4.69, 9.17) is 9.47 Å². The smallest absolute Gasteiger partial charge is 0.196 e. The quantitative estimate of drug-likeness (QED) is 0.219. The van der Waals surface area contributed by atoms with Crippen molar-refractivity contribution < 1.29 is 18.7 Å². The van der Waals surface area contributed by atoms with Crippen molar-refractivity contribution in [3.05, 3.63) is 96.2 Å². The summed E-state index contributed by atoms with van der Waals surface area (Å²) in [7, 11) is 1.59. The van der Waals surface area contributed by atoms with Crippen LogP contribution in [0.3, 0.4) is 0 Å². The number of Topliss-reactive ketones (excluding diaryl/α,β-unsaturated/α-hetero) is 1. The van der Waals surface area contributed by atoms with E-state index in [0.717, 1.165) is 10.9 Å². The highest BCUT2D eigenvalue weighted by Crippen LogP contribution is 2.27. The summed E-state index contributed by atoms with van der Waals surface area (Å²) in [5.41, 5.74) is 1.79. The number of para-hydroxylation sites is 2. The van der Waals surface area contributed by atoms with Gasteiger partial charge in [-0.2, -0.15) is 0 Å². The lowest BCUT2D eigenvalue weighted by Gasteiger charge is -2.12. The minimum Gasteiger partial charge on any atom is -0.497 e. The van der Waals surface area contributed by atoms with Crippen molar-refractivity contribution in [2.24, 2.45) is 0 Å². The van der Waals surface area contributed by atoms with Crippen LogP contribution in [0.5, 0.6) is 11.5 Å². The number of methoxy groups -OCH3 is 1. The molecule has 0 aliphatic carbocycles. The monoisotopic (exact) mass is 488 g/mol. The molecule has 7 nitrogen and oxygen atoms in total. The fourth-order valence-corrected chi connectivity index (χ4v) is 4.54. The first-order chi connectivity index (χ1) is 17.1. The van der Waals surface area contributed by atoms with Crippen molar-refractivity contribution in [2.75, 3.05) is 12.9 Å². The number of nitrogens with zero attached hydrogens (tertiary/aromatic N) is 3. The molecule has 2 heterocycles. The lowest BCUT2D eigenvalue weighted by molar-refractivity contribution is 0.102. The molecule has 0 radical (unpaired) electrons. The number of benzene rings is 3. The molecule has 35 heavy (non-hydrogen) atoms. The second kappa shape index (κ2) is 10.0. The number of H-pyrrole nitrogens is 1. The third-order valence-electron chi connectivity index (χ3n) is 5.44. The summed E-state index contributed by atoms with van der Waals surface area (Å²) in [6.45, 7) is 0.0601. The summed E-state index contributed by atoms with van der Waals surface area (Å²) in [6, 6.07) is 21.1. The topological polar surface area (TPSA) is 82.0 Å². The molecule has 0 aliphatic heterocycles. The second-order valence-electron chi connectivity index (χ2n) is 7.61. The van der Waals surface area contributed by atoms with Gasteiger partial charge in [0, 0.05) is 22.7 Å². The molecule has 0 bridgehead atoms. The molecule has 0 saturated heterocycles. The lowest BCUT2D eigenvalue weighted by atomic mass is 10.1. The molecule has 0 saturated carbocycles. The molecule has 5 aromatic rings. The molecular formula is C26H21FN4O3S. The maximum Gasteiger partial charge on any atom is 0.196 e. The number of carbonyl (C=O) groups is 1. The lowest BCUT2D eigenvalue weighted by Crippen LogP contribution is -2.09. The van der Waals surface area contributed by atoms with Gasteiger partial charge in [0.1, 0.15) is 23.9 Å². The number of ketones is 1. The van der Waals surface area contributed by atoms with Gasteiger partial charge in [-0.25, -0.2) is 4.39 Å². The first-order valence-corrected chi connectivity index (χ1v) is 11.8. The van der Waals surface area contributed by atoms with Gasteiger partial charge in [0.2, 0.25) is 0 Å². The summed E-state index contributed by atoms with van der Waals surface area (Å²) < 4.78 is 27.4. The van der Waals surface area contributed by atoms with Crippen LogP contribution in [0.4, 0.5) is 4.39 Å². The molecule has 1 N–H and O–H groups in total. The normalized spacial score (nSPS) is 11.0. The van der Waals surface area contributed by atoms with Crippen LogP contribution in [0, 0.1) is 5.82 Å². The molecule has 0 fully saturated rings. The standard InChI is InChI=1S/C26H21FN4O3S/c1-33-17-10-12-18(13-11-17)34-15-25-29-30-26(31(25)23-9-5-3-7-21(23)27)35-16-24(32)20-14-28-22-8-4-2-6-19(20)22/h2-14,28H,15-16H2,1H3. The predicted molar refractivity (Wildman–Crippen MR) is 132 cm³/mol. The van der Waals surface area contributed by atoms with Crippen molar-refractivity contribution >= 4 is 28.4 Å². The average molecular weight is 489 g/mol. The summed E-state index contributed by atoms with van der Waals surface area (Å²) in [5, 5.41) is 9.73. The van der Waals surface area contributed by atoms with Gasteiger partial charge in [-0.1, -0.05) is 42.1 Å². The van der Waals surface area contributed by atoms with Crippen molar-refractivity contribution in [1.82, 2.24) is 19.7 Å². The number of nitrogens with one attached hydrogen (secondary N) is 1. The van der Waals surface area contributed by atoms with Gasteiger partial charge in [0.25, 0.3) is 0 Å². The van der Waals surface area contributed by atoms with Gasteiger partial charge >= 0.3 is 0 Å². The van der Waals surface area contributed by atoms with E-state index in [-0.39, 0.29) is 23.8 Å². The highest BCUT2D eigenvalue weighted by atomic mass is 32.2. The van der Waals surface area contributed by atoms with Crippen LogP contribution in [0.25, 0.3) is 16.6 Å². The molecule has 0 atom stereocenters. The number of hydrogen-bond acceptors (Lipinski definition) is 6. The highest BCUT2D eigenvalue weighted by molar-refractivity contribution is 7.99. The van der Waals surface area contributed by atoms with E-state index < -0.39 is 5.82 Å². The van der Waals surface area contributed by atoms with Gasteiger partial charge in [0.05, 0.1) is 18.6 Å². The number of halogens is 1. The largest absolute Gasteiger partial charge is 0.497 e. The number of carbonyl (C=O) groups excluding carboxylic acids is 1. The van der Waals surface area contributed by atoms with Crippen molar-refractivity contribution in [2.45, 2.75) is 11.8 Å². The van der Waals surface area contributed by atoms with Crippen LogP contribution in [0.1, 0.15) is 16.2 Å². The zero-order valence-electron chi connectivity index (χ0n) is 18.8. The Morgan fingerprint density at radius 2 is 1.74 bits per heavy atom. The number of ether oxygens (including phenoxy) is 2. The molecule has 176 valence electrons. The molecule has 2 aromatic heterocycles. The summed E-state index contributed by atoms with van der Waals surface area (Å²) in [5.74, 6) is 1.36. The van der Waals surface area contributed by atoms with Gasteiger partial charge < -0.3 is 14.5 Å². The zero-order chi connectivity index (χ0) is 24.2. The number of aromatic amines is 1. The minimum absolute atomic E-state index is 0.0601.